The van der Waals surface area contributed by atoms with Crippen molar-refractivity contribution in [3.63, 3.8) is 0 Å². The van der Waals surface area contributed by atoms with Crippen molar-refractivity contribution in [1.82, 2.24) is 4.98 Å². The number of nitro groups is 1. The van der Waals surface area contributed by atoms with Gasteiger partial charge in [-0.25, -0.2) is 9.78 Å². The number of hydrogen-bond donors (Lipinski definition) is 2. The van der Waals surface area contributed by atoms with Gasteiger partial charge in [0.15, 0.2) is 11.9 Å². The Bertz CT molecular complexity index is 890. The van der Waals surface area contributed by atoms with E-state index in [0.29, 0.717) is 0 Å². The molecular formula is C15H12Cl2N4O5. The van der Waals surface area contributed by atoms with Gasteiger partial charge in [-0.2, -0.15) is 0 Å². The minimum Gasteiger partial charge on any atom is -0.449 e. The van der Waals surface area contributed by atoms with E-state index in [1.54, 1.807) is 0 Å². The molecule has 0 aliphatic rings. The number of nitrogens with one attached hydrogen (secondary N) is 1. The van der Waals surface area contributed by atoms with Gasteiger partial charge in [0.05, 0.1) is 20.5 Å². The van der Waals surface area contributed by atoms with Gasteiger partial charge in [-0.1, -0.05) is 23.2 Å². The van der Waals surface area contributed by atoms with E-state index in [9.17, 15) is 19.7 Å². The SMILES string of the molecule is C[C@@H](OC(=O)c1cc([N+](=O)[O-])ccc1N)C(=O)Nc1ncc(Cl)cc1Cl. The third kappa shape index (κ3) is 4.58. The van der Waals surface area contributed by atoms with Crippen LogP contribution in [0, 0.1) is 10.1 Å². The van der Waals surface area contributed by atoms with Gasteiger partial charge in [0.25, 0.3) is 11.6 Å². The lowest BCUT2D eigenvalue weighted by Crippen LogP contribution is -2.30. The third-order valence-electron chi connectivity index (χ3n) is 3.17. The molecule has 0 saturated carbocycles. The number of halogens is 2. The maximum Gasteiger partial charge on any atom is 0.341 e. The first-order valence-electron chi connectivity index (χ1n) is 7.06. The molecule has 0 aliphatic carbocycles. The molecule has 1 amide bonds. The molecule has 0 bridgehead atoms. The molecule has 1 atom stereocenters. The third-order valence-corrected chi connectivity index (χ3v) is 3.66. The number of nitrogens with two attached hydrogens (primary N) is 1. The molecule has 2 rings (SSSR count). The Morgan fingerprint density at radius 1 is 1.35 bits per heavy atom. The molecule has 26 heavy (non-hydrogen) atoms. The number of anilines is 2. The van der Waals surface area contributed by atoms with Gasteiger partial charge in [0.1, 0.15) is 0 Å². The molecule has 0 saturated heterocycles. The fourth-order valence-corrected chi connectivity index (χ4v) is 2.26. The molecule has 2 aromatic rings. The Kier molecular flexibility index (Phi) is 5.96. The second-order valence-corrected chi connectivity index (χ2v) is 5.89. The molecule has 3 N–H and O–H groups in total. The Morgan fingerprint density at radius 3 is 2.65 bits per heavy atom. The molecule has 0 spiro atoms. The normalized spacial score (nSPS) is 11.5. The average Bonchev–Trinajstić information content (AvgIpc) is 2.57. The number of rotatable bonds is 5. The number of carbonyl (C=O) groups excluding carboxylic acids is 2. The molecule has 1 aromatic heterocycles. The van der Waals surface area contributed by atoms with E-state index in [2.05, 4.69) is 10.3 Å². The van der Waals surface area contributed by atoms with Crippen molar-refractivity contribution in [2.45, 2.75) is 13.0 Å². The second kappa shape index (κ2) is 7.98. The van der Waals surface area contributed by atoms with Crippen molar-refractivity contribution in [3.8, 4) is 0 Å². The van der Waals surface area contributed by atoms with Crippen LogP contribution in [0.15, 0.2) is 30.5 Å². The molecular weight excluding hydrogens is 387 g/mol. The van der Waals surface area contributed by atoms with Crippen LogP contribution in [-0.4, -0.2) is 27.9 Å². The van der Waals surface area contributed by atoms with Crippen LogP contribution in [0.25, 0.3) is 0 Å². The van der Waals surface area contributed by atoms with Gasteiger partial charge < -0.3 is 15.8 Å². The Balaban J connectivity index is 2.10. The Hall–Kier alpha value is -2.91. The van der Waals surface area contributed by atoms with E-state index >= 15 is 0 Å². The lowest BCUT2D eigenvalue weighted by Gasteiger charge is -2.14. The highest BCUT2D eigenvalue weighted by Gasteiger charge is 2.23. The summed E-state index contributed by atoms with van der Waals surface area (Å²) in [5.41, 5.74) is 5.06. The van der Waals surface area contributed by atoms with Crippen molar-refractivity contribution in [3.05, 3.63) is 56.2 Å². The lowest BCUT2D eigenvalue weighted by atomic mass is 10.1. The number of pyridine rings is 1. The number of aromatic nitrogens is 1. The number of non-ortho nitro benzene ring substituents is 1. The van der Waals surface area contributed by atoms with Crippen molar-refractivity contribution in [1.29, 1.82) is 0 Å². The van der Waals surface area contributed by atoms with Crippen LogP contribution in [0.3, 0.4) is 0 Å². The van der Waals surface area contributed by atoms with Gasteiger partial charge in [0, 0.05) is 24.0 Å². The number of nitrogens with zero attached hydrogens (tertiary/aromatic N) is 2. The molecule has 11 heteroatoms. The number of nitrogen functional groups attached to an aromatic ring is 1. The van der Waals surface area contributed by atoms with Crippen molar-refractivity contribution < 1.29 is 19.2 Å². The highest BCUT2D eigenvalue weighted by Crippen LogP contribution is 2.23. The fraction of sp³-hybridized carbons (Fsp3) is 0.133. The summed E-state index contributed by atoms with van der Waals surface area (Å²) in [6, 6.07) is 4.71. The van der Waals surface area contributed by atoms with Crippen LogP contribution in [-0.2, 0) is 9.53 Å². The van der Waals surface area contributed by atoms with Crippen LogP contribution in [0.5, 0.6) is 0 Å². The molecule has 0 aliphatic heterocycles. The summed E-state index contributed by atoms with van der Waals surface area (Å²) in [5, 5.41) is 13.6. The first kappa shape index (κ1) is 19.4. The van der Waals surface area contributed by atoms with E-state index in [-0.39, 0.29) is 32.8 Å². The summed E-state index contributed by atoms with van der Waals surface area (Å²) >= 11 is 11.6. The molecule has 1 aromatic carbocycles. The monoisotopic (exact) mass is 398 g/mol. The standard InChI is InChI=1S/C15H12Cl2N4O5/c1-7(14(22)20-13-11(17)4-8(16)6-19-13)26-15(23)10-5-9(21(24)25)2-3-12(10)18/h2-7H,18H2,1H3,(H,19,20,22)/t7-/m1/s1. The van der Waals surface area contributed by atoms with E-state index in [4.69, 9.17) is 33.7 Å². The lowest BCUT2D eigenvalue weighted by molar-refractivity contribution is -0.384. The predicted octanol–water partition coefficient (Wildman–Crippen LogP) is 3.06. The van der Waals surface area contributed by atoms with Crippen LogP contribution in [0.4, 0.5) is 17.2 Å². The summed E-state index contributed by atoms with van der Waals surface area (Å²) in [7, 11) is 0. The summed E-state index contributed by atoms with van der Waals surface area (Å²) in [4.78, 5) is 38.2. The van der Waals surface area contributed by atoms with Gasteiger partial charge >= 0.3 is 5.97 Å². The van der Waals surface area contributed by atoms with E-state index in [1.165, 1.54) is 25.3 Å². The van der Waals surface area contributed by atoms with E-state index in [1.807, 2.05) is 0 Å². The molecule has 1 heterocycles. The first-order chi connectivity index (χ1) is 12.2. The van der Waals surface area contributed by atoms with E-state index < -0.39 is 22.9 Å². The fourth-order valence-electron chi connectivity index (χ4n) is 1.84. The summed E-state index contributed by atoms with van der Waals surface area (Å²) < 4.78 is 5.00. The topological polar surface area (TPSA) is 137 Å². The number of ether oxygens (including phenoxy) is 1. The zero-order valence-electron chi connectivity index (χ0n) is 13.2. The number of amides is 1. The van der Waals surface area contributed by atoms with Crippen LogP contribution in [0.2, 0.25) is 10.0 Å². The summed E-state index contributed by atoms with van der Waals surface area (Å²) in [6.07, 6.45) is 0.0403. The number of esters is 1. The Morgan fingerprint density at radius 2 is 2.04 bits per heavy atom. The highest BCUT2D eigenvalue weighted by atomic mass is 35.5. The van der Waals surface area contributed by atoms with Gasteiger partial charge in [0.2, 0.25) is 0 Å². The second-order valence-electron chi connectivity index (χ2n) is 5.05. The number of nitro benzene ring substituents is 1. The summed E-state index contributed by atoms with van der Waals surface area (Å²) in [6.45, 7) is 1.31. The minimum atomic E-state index is -1.24. The zero-order chi connectivity index (χ0) is 19.4. The van der Waals surface area contributed by atoms with Gasteiger partial charge in [-0.3, -0.25) is 14.9 Å². The first-order valence-corrected chi connectivity index (χ1v) is 7.81. The highest BCUT2D eigenvalue weighted by molar-refractivity contribution is 6.36. The predicted molar refractivity (Wildman–Crippen MR) is 95.3 cm³/mol. The smallest absolute Gasteiger partial charge is 0.341 e. The number of hydrogen-bond acceptors (Lipinski definition) is 7. The van der Waals surface area contributed by atoms with Gasteiger partial charge in [-0.05, 0) is 19.1 Å². The quantitative estimate of drug-likeness (QED) is 0.341. The van der Waals surface area contributed by atoms with Crippen molar-refractivity contribution >= 4 is 52.3 Å². The number of benzene rings is 1. The summed E-state index contributed by atoms with van der Waals surface area (Å²) in [5.74, 6) is -1.65. The molecule has 9 nitrogen and oxygen atoms in total. The maximum atomic E-state index is 12.2. The van der Waals surface area contributed by atoms with Gasteiger partial charge in [-0.15, -0.1) is 0 Å². The molecule has 136 valence electrons. The van der Waals surface area contributed by atoms with Crippen LogP contribution in [0.1, 0.15) is 17.3 Å². The van der Waals surface area contributed by atoms with Crippen molar-refractivity contribution in [2.24, 2.45) is 0 Å². The number of carbonyl (C=O) groups is 2. The largest absolute Gasteiger partial charge is 0.449 e. The maximum absolute atomic E-state index is 12.2. The zero-order valence-corrected chi connectivity index (χ0v) is 14.7. The molecule has 0 fully saturated rings. The Labute approximate surface area is 157 Å². The van der Waals surface area contributed by atoms with Crippen LogP contribution >= 0.6 is 23.2 Å². The average molecular weight is 399 g/mol. The molecule has 0 radical (unpaired) electrons. The van der Waals surface area contributed by atoms with Crippen molar-refractivity contribution in [2.75, 3.05) is 11.1 Å². The van der Waals surface area contributed by atoms with Crippen LogP contribution < -0.4 is 11.1 Å². The minimum absolute atomic E-state index is 0.0179. The van der Waals surface area contributed by atoms with E-state index in [0.717, 1.165) is 12.1 Å². The molecule has 0 unspecified atom stereocenters.